The van der Waals surface area contributed by atoms with Gasteiger partial charge in [0.2, 0.25) is 0 Å². The molecule has 8 heteroatoms. The maximum atomic E-state index is 15.4. The number of hydrogen-bond acceptors (Lipinski definition) is 4. The highest BCUT2D eigenvalue weighted by atomic mass is 19.3. The molecule has 0 radical (unpaired) electrons. The van der Waals surface area contributed by atoms with Crippen LogP contribution in [0.15, 0.2) is 35.5 Å². The van der Waals surface area contributed by atoms with Crippen molar-refractivity contribution in [3.63, 3.8) is 0 Å². The third kappa shape index (κ3) is 2.59. The molecule has 0 bridgehead atoms. The fourth-order valence-corrected chi connectivity index (χ4v) is 3.26. The number of hydrogen-bond donors (Lipinski definition) is 1. The van der Waals surface area contributed by atoms with E-state index >= 15 is 8.78 Å². The first-order chi connectivity index (χ1) is 12.0. The van der Waals surface area contributed by atoms with Crippen LogP contribution in [-0.4, -0.2) is 33.7 Å². The van der Waals surface area contributed by atoms with Crippen LogP contribution in [0, 0.1) is 5.82 Å². The van der Waals surface area contributed by atoms with Crippen molar-refractivity contribution in [1.82, 2.24) is 9.78 Å². The first kappa shape index (κ1) is 18.4. The van der Waals surface area contributed by atoms with Crippen LogP contribution in [0.5, 0.6) is 0 Å². The number of halogens is 3. The molecular weight excluding hydrogens is 345 g/mol. The van der Waals surface area contributed by atoms with Gasteiger partial charge in [0.05, 0.1) is 5.69 Å². The Hall–Kier alpha value is -2.35. The van der Waals surface area contributed by atoms with Crippen molar-refractivity contribution >= 4 is 5.84 Å². The zero-order valence-corrected chi connectivity index (χ0v) is 15.1. The Morgan fingerprint density at radius 3 is 2.50 bits per heavy atom. The molecule has 0 aliphatic carbocycles. The van der Waals surface area contributed by atoms with E-state index in [0.29, 0.717) is 11.3 Å². The Bertz CT molecular complexity index is 875. The number of ether oxygens (including phenoxy) is 1. The summed E-state index contributed by atoms with van der Waals surface area (Å²) in [5.41, 5.74) is 2.61. The summed E-state index contributed by atoms with van der Waals surface area (Å²) in [5, 5.41) is 4.06. The maximum absolute atomic E-state index is 15.4. The van der Waals surface area contributed by atoms with Gasteiger partial charge in [0.25, 0.3) is 0 Å². The van der Waals surface area contributed by atoms with Crippen LogP contribution in [0.1, 0.15) is 26.3 Å². The lowest BCUT2D eigenvalue weighted by Gasteiger charge is -2.42. The van der Waals surface area contributed by atoms with E-state index in [4.69, 9.17) is 10.5 Å². The monoisotopic (exact) mass is 366 g/mol. The summed E-state index contributed by atoms with van der Waals surface area (Å²) < 4.78 is 52.3. The summed E-state index contributed by atoms with van der Waals surface area (Å²) in [6.45, 7) is 3.44. The number of nitrogens with two attached hydrogens (primary N) is 1. The van der Waals surface area contributed by atoms with Gasteiger partial charge in [0.1, 0.15) is 23.9 Å². The van der Waals surface area contributed by atoms with E-state index in [1.165, 1.54) is 32.9 Å². The molecule has 1 aliphatic heterocycles. The first-order valence-corrected chi connectivity index (χ1v) is 8.14. The SMILES string of the molecule is Cn1nccc1-c1ccc(F)c(C2(C)N=C(N)COC(C)(C)C2(F)F)c1. The van der Waals surface area contributed by atoms with Gasteiger partial charge in [-0.2, -0.15) is 5.10 Å². The third-order valence-corrected chi connectivity index (χ3v) is 4.92. The maximum Gasteiger partial charge on any atom is 0.304 e. The lowest BCUT2D eigenvalue weighted by Crippen LogP contribution is -2.56. The van der Waals surface area contributed by atoms with E-state index in [9.17, 15) is 4.39 Å². The zero-order valence-electron chi connectivity index (χ0n) is 15.1. The van der Waals surface area contributed by atoms with Crippen molar-refractivity contribution in [2.45, 2.75) is 37.8 Å². The number of nitrogens with zero attached hydrogens (tertiary/aromatic N) is 3. The summed E-state index contributed by atoms with van der Waals surface area (Å²) in [4.78, 5) is 3.99. The highest BCUT2D eigenvalue weighted by Gasteiger charge is 2.63. The van der Waals surface area contributed by atoms with Gasteiger partial charge in [-0.3, -0.25) is 9.67 Å². The number of rotatable bonds is 2. The lowest BCUT2D eigenvalue weighted by atomic mass is 9.77. The molecule has 140 valence electrons. The van der Waals surface area contributed by atoms with Crippen LogP contribution in [0.3, 0.4) is 0 Å². The van der Waals surface area contributed by atoms with Gasteiger partial charge < -0.3 is 10.5 Å². The van der Waals surface area contributed by atoms with Crippen molar-refractivity contribution in [1.29, 1.82) is 0 Å². The summed E-state index contributed by atoms with van der Waals surface area (Å²) >= 11 is 0. The summed E-state index contributed by atoms with van der Waals surface area (Å²) in [5.74, 6) is -4.41. The Balaban J connectivity index is 2.25. The molecule has 0 saturated carbocycles. The van der Waals surface area contributed by atoms with E-state index in [1.54, 1.807) is 24.0 Å². The molecule has 0 spiro atoms. The summed E-state index contributed by atoms with van der Waals surface area (Å²) in [6, 6.07) is 5.76. The summed E-state index contributed by atoms with van der Waals surface area (Å²) in [7, 11) is 1.72. The molecule has 1 aromatic heterocycles. The van der Waals surface area contributed by atoms with Crippen LogP contribution in [-0.2, 0) is 17.3 Å². The Morgan fingerprint density at radius 2 is 1.88 bits per heavy atom. The van der Waals surface area contributed by atoms with Crippen molar-refractivity contribution in [2.24, 2.45) is 17.8 Å². The Morgan fingerprint density at radius 1 is 1.19 bits per heavy atom. The second-order valence-electron chi connectivity index (χ2n) is 7.08. The smallest absolute Gasteiger partial charge is 0.304 e. The van der Waals surface area contributed by atoms with Crippen LogP contribution in [0.4, 0.5) is 13.2 Å². The van der Waals surface area contributed by atoms with Gasteiger partial charge in [-0.1, -0.05) is 0 Å². The molecule has 3 rings (SSSR count). The van der Waals surface area contributed by atoms with Gasteiger partial charge in [-0.05, 0) is 45.0 Å². The number of alkyl halides is 2. The van der Waals surface area contributed by atoms with Crippen LogP contribution >= 0.6 is 0 Å². The minimum Gasteiger partial charge on any atom is -0.385 e. The second-order valence-corrected chi connectivity index (χ2v) is 7.08. The molecule has 0 fully saturated rings. The minimum absolute atomic E-state index is 0.108. The molecule has 2 N–H and O–H groups in total. The van der Waals surface area contributed by atoms with Crippen molar-refractivity contribution in [2.75, 3.05) is 6.61 Å². The minimum atomic E-state index is -3.52. The molecular formula is C18H21F3N4O. The number of amidine groups is 1. The lowest BCUT2D eigenvalue weighted by molar-refractivity contribution is -0.214. The molecule has 1 aliphatic rings. The van der Waals surface area contributed by atoms with E-state index in [1.807, 2.05) is 0 Å². The molecule has 0 saturated heterocycles. The molecule has 1 atom stereocenters. The fourth-order valence-electron chi connectivity index (χ4n) is 3.26. The van der Waals surface area contributed by atoms with E-state index in [2.05, 4.69) is 10.1 Å². The average Bonchev–Trinajstić information content (AvgIpc) is 2.96. The predicted molar refractivity (Wildman–Crippen MR) is 92.6 cm³/mol. The van der Waals surface area contributed by atoms with Gasteiger partial charge >= 0.3 is 5.92 Å². The van der Waals surface area contributed by atoms with E-state index in [0.717, 1.165) is 6.07 Å². The molecule has 5 nitrogen and oxygen atoms in total. The number of benzene rings is 1. The highest BCUT2D eigenvalue weighted by Crippen LogP contribution is 2.50. The van der Waals surface area contributed by atoms with Crippen molar-refractivity contribution in [3.05, 3.63) is 41.8 Å². The normalized spacial score (nSPS) is 24.8. The molecule has 1 aromatic carbocycles. The van der Waals surface area contributed by atoms with Gasteiger partial charge in [0, 0.05) is 24.4 Å². The van der Waals surface area contributed by atoms with E-state index < -0.39 is 22.9 Å². The van der Waals surface area contributed by atoms with Crippen LogP contribution in [0.2, 0.25) is 0 Å². The average molecular weight is 366 g/mol. The molecule has 26 heavy (non-hydrogen) atoms. The molecule has 2 aromatic rings. The predicted octanol–water partition coefficient (Wildman–Crippen LogP) is 3.24. The third-order valence-electron chi connectivity index (χ3n) is 4.92. The van der Waals surface area contributed by atoms with Gasteiger partial charge in [-0.25, -0.2) is 13.2 Å². The second kappa shape index (κ2) is 5.84. The number of aliphatic imine (C=N–C) groups is 1. The summed E-state index contributed by atoms with van der Waals surface area (Å²) in [6.07, 6.45) is 1.58. The molecule has 0 amide bonds. The van der Waals surface area contributed by atoms with Crippen molar-refractivity contribution < 1.29 is 17.9 Å². The Labute approximate surface area is 149 Å². The number of aryl methyl sites for hydroxylation is 1. The topological polar surface area (TPSA) is 65.4 Å². The fraction of sp³-hybridized carbons (Fsp3) is 0.444. The zero-order chi connectivity index (χ0) is 19.3. The van der Waals surface area contributed by atoms with Crippen LogP contribution in [0.25, 0.3) is 11.3 Å². The first-order valence-electron chi connectivity index (χ1n) is 8.14. The van der Waals surface area contributed by atoms with E-state index in [-0.39, 0.29) is 18.0 Å². The van der Waals surface area contributed by atoms with Gasteiger partial charge in [-0.15, -0.1) is 0 Å². The highest BCUT2D eigenvalue weighted by molar-refractivity contribution is 5.82. The largest absolute Gasteiger partial charge is 0.385 e. The molecule has 1 unspecified atom stereocenters. The Kier molecular flexibility index (Phi) is 4.14. The quantitative estimate of drug-likeness (QED) is 0.887. The molecule has 2 heterocycles. The van der Waals surface area contributed by atoms with Crippen LogP contribution < -0.4 is 5.73 Å². The van der Waals surface area contributed by atoms with Crippen molar-refractivity contribution in [3.8, 4) is 11.3 Å². The number of aromatic nitrogens is 2. The van der Waals surface area contributed by atoms with Gasteiger partial charge in [0.15, 0.2) is 5.54 Å². The standard InChI is InChI=1S/C18H21F3N4O/c1-16(2)18(20,21)17(3,24-15(22)10-26-16)12-9-11(5-6-13(12)19)14-7-8-23-25(14)4/h5-9H,10H2,1-4H3,(H2,22,24).